The molecule has 5 nitrogen and oxygen atoms in total. The zero-order chi connectivity index (χ0) is 13.1. The highest BCUT2D eigenvalue weighted by molar-refractivity contribution is 9.11. The van der Waals surface area contributed by atoms with Crippen molar-refractivity contribution in [1.82, 2.24) is 4.98 Å². The van der Waals surface area contributed by atoms with Crippen LogP contribution in [-0.2, 0) is 0 Å². The number of nitrogens with zero attached hydrogens (tertiary/aromatic N) is 2. The average molecular weight is 374 g/mol. The summed E-state index contributed by atoms with van der Waals surface area (Å²) in [4.78, 5) is 14.2. The summed E-state index contributed by atoms with van der Waals surface area (Å²) in [6.07, 6.45) is 1.58. The Morgan fingerprint density at radius 1 is 1.28 bits per heavy atom. The molecular formula is C11H6Br2N2O3. The average Bonchev–Trinajstić information content (AvgIpc) is 2.33. The Morgan fingerprint density at radius 3 is 2.72 bits per heavy atom. The second-order valence-electron chi connectivity index (χ2n) is 3.30. The Balaban J connectivity index is 2.28. The maximum Gasteiger partial charge on any atom is 0.273 e. The number of halogens is 2. The lowest BCUT2D eigenvalue weighted by atomic mass is 10.3. The van der Waals surface area contributed by atoms with Crippen LogP contribution in [0.25, 0.3) is 0 Å². The van der Waals surface area contributed by atoms with Crippen LogP contribution in [0.15, 0.2) is 45.5 Å². The Morgan fingerprint density at radius 2 is 2.06 bits per heavy atom. The summed E-state index contributed by atoms with van der Waals surface area (Å²) in [7, 11) is 0. The zero-order valence-corrected chi connectivity index (χ0v) is 12.0. The molecule has 0 radical (unpaired) electrons. The molecule has 0 aliphatic heterocycles. The first-order chi connectivity index (χ1) is 8.56. The van der Waals surface area contributed by atoms with Crippen molar-refractivity contribution in [3.05, 3.63) is 55.6 Å². The summed E-state index contributed by atoms with van der Waals surface area (Å²) in [5, 5.41) is 10.6. The summed E-state index contributed by atoms with van der Waals surface area (Å²) >= 11 is 6.58. The fourth-order valence-corrected chi connectivity index (χ4v) is 2.32. The molecule has 1 heterocycles. The highest BCUT2D eigenvalue weighted by atomic mass is 79.9. The molecule has 0 fully saturated rings. The first-order valence-corrected chi connectivity index (χ1v) is 6.38. The van der Waals surface area contributed by atoms with E-state index in [9.17, 15) is 10.1 Å². The maximum absolute atomic E-state index is 10.6. The van der Waals surface area contributed by atoms with Gasteiger partial charge in [0.05, 0.1) is 15.5 Å². The van der Waals surface area contributed by atoms with Gasteiger partial charge in [-0.25, -0.2) is 4.98 Å². The minimum absolute atomic E-state index is 0.0271. The van der Waals surface area contributed by atoms with Gasteiger partial charge in [0.25, 0.3) is 5.69 Å². The third-order valence-corrected chi connectivity index (χ3v) is 3.02. The van der Waals surface area contributed by atoms with Crippen molar-refractivity contribution >= 4 is 37.5 Å². The van der Waals surface area contributed by atoms with Crippen LogP contribution in [0.3, 0.4) is 0 Å². The van der Waals surface area contributed by atoms with Crippen molar-refractivity contribution < 1.29 is 9.66 Å². The molecule has 0 amide bonds. The number of pyridine rings is 1. The van der Waals surface area contributed by atoms with E-state index in [1.54, 1.807) is 24.4 Å². The summed E-state index contributed by atoms with van der Waals surface area (Å²) < 4.78 is 6.93. The predicted molar refractivity (Wildman–Crippen MR) is 72.8 cm³/mol. The molecular weight excluding hydrogens is 368 g/mol. The van der Waals surface area contributed by atoms with Gasteiger partial charge in [-0.2, -0.15) is 0 Å². The smallest absolute Gasteiger partial charge is 0.273 e. The van der Waals surface area contributed by atoms with Gasteiger partial charge in [-0.3, -0.25) is 10.1 Å². The van der Waals surface area contributed by atoms with Crippen LogP contribution in [-0.4, -0.2) is 9.91 Å². The van der Waals surface area contributed by atoms with Crippen LogP contribution >= 0.6 is 31.9 Å². The number of nitro groups is 1. The molecule has 1 aromatic heterocycles. The molecule has 92 valence electrons. The number of hydrogen-bond acceptors (Lipinski definition) is 4. The van der Waals surface area contributed by atoms with Gasteiger partial charge in [0.2, 0.25) is 5.88 Å². The van der Waals surface area contributed by atoms with Crippen LogP contribution in [0.4, 0.5) is 5.69 Å². The third kappa shape index (κ3) is 3.05. The number of hydrogen-bond donors (Lipinski definition) is 0. The van der Waals surface area contributed by atoms with E-state index >= 15 is 0 Å². The minimum atomic E-state index is -0.475. The molecule has 1 aromatic carbocycles. The lowest BCUT2D eigenvalue weighted by Crippen LogP contribution is -1.91. The van der Waals surface area contributed by atoms with Crippen molar-refractivity contribution in [2.24, 2.45) is 0 Å². The molecule has 0 spiro atoms. The fourth-order valence-electron chi connectivity index (χ4n) is 1.25. The first kappa shape index (κ1) is 13.0. The summed E-state index contributed by atoms with van der Waals surface area (Å²) in [5.74, 6) is 0.707. The van der Waals surface area contributed by atoms with Crippen molar-refractivity contribution in [2.45, 2.75) is 0 Å². The predicted octanol–water partition coefficient (Wildman–Crippen LogP) is 4.31. The van der Waals surface area contributed by atoms with Gasteiger partial charge in [0.15, 0.2) is 0 Å². The summed E-state index contributed by atoms with van der Waals surface area (Å²) in [6, 6.07) is 7.70. The molecule has 7 heteroatoms. The standard InChI is InChI=1S/C11H6Br2N2O3/c12-7-4-10(13)11(14-6-7)18-9-3-1-2-8(5-9)15(16)17/h1-6H. The van der Waals surface area contributed by atoms with Crippen LogP contribution < -0.4 is 4.74 Å². The summed E-state index contributed by atoms with van der Waals surface area (Å²) in [5.41, 5.74) is -0.0271. The second-order valence-corrected chi connectivity index (χ2v) is 5.07. The molecule has 0 bridgehead atoms. The molecule has 2 rings (SSSR count). The highest BCUT2D eigenvalue weighted by Crippen LogP contribution is 2.30. The molecule has 0 atom stereocenters. The number of benzene rings is 1. The van der Waals surface area contributed by atoms with Crippen molar-refractivity contribution in [3.8, 4) is 11.6 Å². The molecule has 2 aromatic rings. The lowest BCUT2D eigenvalue weighted by molar-refractivity contribution is -0.384. The van der Waals surface area contributed by atoms with Gasteiger partial charge in [-0.1, -0.05) is 6.07 Å². The largest absolute Gasteiger partial charge is 0.438 e. The quantitative estimate of drug-likeness (QED) is 0.594. The highest BCUT2D eigenvalue weighted by Gasteiger charge is 2.09. The third-order valence-electron chi connectivity index (χ3n) is 2.02. The summed E-state index contributed by atoms with van der Waals surface area (Å²) in [6.45, 7) is 0. The molecule has 0 aliphatic rings. The van der Waals surface area contributed by atoms with Gasteiger partial charge in [0.1, 0.15) is 5.75 Å². The molecule has 0 aliphatic carbocycles. The Hall–Kier alpha value is -1.47. The van der Waals surface area contributed by atoms with E-state index in [0.29, 0.717) is 16.1 Å². The van der Waals surface area contributed by atoms with Crippen LogP contribution in [0, 0.1) is 10.1 Å². The molecule has 0 saturated heterocycles. The van der Waals surface area contributed by atoms with Gasteiger partial charge in [-0.15, -0.1) is 0 Å². The number of aromatic nitrogens is 1. The fraction of sp³-hybridized carbons (Fsp3) is 0. The van der Waals surface area contributed by atoms with Crippen molar-refractivity contribution in [3.63, 3.8) is 0 Å². The van der Waals surface area contributed by atoms with E-state index < -0.39 is 4.92 Å². The van der Waals surface area contributed by atoms with Crippen LogP contribution in [0.1, 0.15) is 0 Å². The van der Waals surface area contributed by atoms with E-state index in [1.807, 2.05) is 0 Å². The van der Waals surface area contributed by atoms with Gasteiger partial charge in [-0.05, 0) is 44.0 Å². The van der Waals surface area contributed by atoms with Crippen molar-refractivity contribution in [2.75, 3.05) is 0 Å². The van der Waals surface area contributed by atoms with E-state index in [0.717, 1.165) is 4.47 Å². The SMILES string of the molecule is O=[N+]([O-])c1cccc(Oc2ncc(Br)cc2Br)c1. The van der Waals surface area contributed by atoms with Crippen molar-refractivity contribution in [1.29, 1.82) is 0 Å². The molecule has 18 heavy (non-hydrogen) atoms. The van der Waals surface area contributed by atoms with Crippen LogP contribution in [0.5, 0.6) is 11.6 Å². The monoisotopic (exact) mass is 372 g/mol. The Bertz CT molecular complexity index is 605. The van der Waals surface area contributed by atoms with E-state index in [4.69, 9.17) is 4.74 Å². The Labute approximate surface area is 119 Å². The molecule has 0 N–H and O–H groups in total. The van der Waals surface area contributed by atoms with Gasteiger partial charge < -0.3 is 4.74 Å². The zero-order valence-electron chi connectivity index (χ0n) is 8.84. The first-order valence-electron chi connectivity index (χ1n) is 4.79. The van der Waals surface area contributed by atoms with Gasteiger partial charge in [0, 0.05) is 16.7 Å². The van der Waals surface area contributed by atoms with Crippen LogP contribution in [0.2, 0.25) is 0 Å². The number of non-ortho nitro benzene ring substituents is 1. The number of rotatable bonds is 3. The molecule has 0 saturated carbocycles. The number of ether oxygens (including phenoxy) is 1. The Kier molecular flexibility index (Phi) is 3.93. The molecule has 0 unspecified atom stereocenters. The van der Waals surface area contributed by atoms with E-state index in [2.05, 4.69) is 36.8 Å². The number of nitro benzene ring substituents is 1. The topological polar surface area (TPSA) is 65.3 Å². The van der Waals surface area contributed by atoms with Gasteiger partial charge >= 0.3 is 0 Å². The maximum atomic E-state index is 10.6. The minimum Gasteiger partial charge on any atom is -0.438 e. The second kappa shape index (κ2) is 5.45. The lowest BCUT2D eigenvalue weighted by Gasteiger charge is -2.06. The normalized spacial score (nSPS) is 10.1. The van der Waals surface area contributed by atoms with E-state index in [-0.39, 0.29) is 5.69 Å². The van der Waals surface area contributed by atoms with E-state index in [1.165, 1.54) is 12.1 Å².